The quantitative estimate of drug-likeness (QED) is 0.893. The number of benzene rings is 1. The van der Waals surface area contributed by atoms with Crippen LogP contribution in [-0.2, 0) is 0 Å². The Morgan fingerprint density at radius 1 is 1.35 bits per heavy atom. The summed E-state index contributed by atoms with van der Waals surface area (Å²) in [5, 5.41) is 6.51. The number of thiazole rings is 1. The smallest absolute Gasteiger partial charge is 0.321 e. The molecule has 20 heavy (non-hydrogen) atoms. The van der Waals surface area contributed by atoms with Gasteiger partial charge in [0.1, 0.15) is 0 Å². The molecule has 1 fully saturated rings. The summed E-state index contributed by atoms with van der Waals surface area (Å²) < 4.78 is 1.09. The van der Waals surface area contributed by atoms with Crippen LogP contribution < -0.4 is 10.6 Å². The lowest BCUT2D eigenvalue weighted by molar-refractivity contribution is 0.221. The van der Waals surface area contributed by atoms with Crippen molar-refractivity contribution in [3.05, 3.63) is 24.3 Å². The summed E-state index contributed by atoms with van der Waals surface area (Å²) in [7, 11) is 2.11. The van der Waals surface area contributed by atoms with Crippen LogP contribution in [0.5, 0.6) is 0 Å². The third-order valence-corrected chi connectivity index (χ3v) is 4.52. The summed E-state index contributed by atoms with van der Waals surface area (Å²) in [5.74, 6) is 0. The number of carbonyl (C=O) groups is 1. The van der Waals surface area contributed by atoms with Crippen LogP contribution in [0.15, 0.2) is 24.3 Å². The Morgan fingerprint density at radius 2 is 2.10 bits per heavy atom. The number of fused-ring (bicyclic) bond motifs is 1. The Bertz CT molecular complexity index is 571. The minimum Gasteiger partial charge on any atom is -0.335 e. The number of rotatable bonds is 2. The molecule has 106 valence electrons. The Kier molecular flexibility index (Phi) is 3.84. The molecule has 0 saturated carbocycles. The molecule has 0 aliphatic carbocycles. The third-order valence-electron chi connectivity index (χ3n) is 3.57. The molecule has 0 unspecified atom stereocenters. The Hall–Kier alpha value is -1.66. The molecule has 2 amide bonds. The summed E-state index contributed by atoms with van der Waals surface area (Å²) in [6.45, 7) is 2.07. The summed E-state index contributed by atoms with van der Waals surface area (Å²) in [4.78, 5) is 18.6. The van der Waals surface area contributed by atoms with Crippen LogP contribution in [-0.4, -0.2) is 42.1 Å². The fourth-order valence-corrected chi connectivity index (χ4v) is 3.26. The highest BCUT2D eigenvalue weighted by molar-refractivity contribution is 7.22. The lowest BCUT2D eigenvalue weighted by Crippen LogP contribution is -2.44. The van der Waals surface area contributed by atoms with Crippen molar-refractivity contribution < 1.29 is 4.79 Å². The molecule has 2 aromatic rings. The summed E-state index contributed by atoms with van der Waals surface area (Å²) >= 11 is 1.50. The number of nitrogens with one attached hydrogen (secondary N) is 2. The number of carbonyl (C=O) groups excluding carboxylic acids is 1. The van der Waals surface area contributed by atoms with Gasteiger partial charge in [0.2, 0.25) is 0 Å². The molecular weight excluding hydrogens is 272 g/mol. The van der Waals surface area contributed by atoms with E-state index in [9.17, 15) is 4.79 Å². The second kappa shape index (κ2) is 5.76. The van der Waals surface area contributed by atoms with Gasteiger partial charge < -0.3 is 10.2 Å². The largest absolute Gasteiger partial charge is 0.335 e. The van der Waals surface area contributed by atoms with E-state index in [-0.39, 0.29) is 12.1 Å². The standard InChI is InChI=1S/C14H18N4OS/c1-18-8-6-10(7-9-18)15-13(19)17-14-16-11-4-2-3-5-12(11)20-14/h2-5,10H,6-9H2,1H3,(H2,15,16,17,19). The number of nitrogens with zero attached hydrogens (tertiary/aromatic N) is 2. The minimum atomic E-state index is -0.154. The molecule has 0 spiro atoms. The van der Waals surface area contributed by atoms with Crippen LogP contribution >= 0.6 is 11.3 Å². The molecule has 3 rings (SSSR count). The predicted molar refractivity (Wildman–Crippen MR) is 82.3 cm³/mol. The van der Waals surface area contributed by atoms with Crippen LogP contribution in [0.25, 0.3) is 10.2 Å². The second-order valence-corrected chi connectivity index (χ2v) is 6.19. The van der Waals surface area contributed by atoms with Crippen molar-refractivity contribution >= 4 is 32.7 Å². The fraction of sp³-hybridized carbons (Fsp3) is 0.429. The molecule has 1 saturated heterocycles. The Labute approximate surface area is 122 Å². The maximum Gasteiger partial charge on any atom is 0.321 e. The van der Waals surface area contributed by atoms with E-state index in [1.54, 1.807) is 0 Å². The highest BCUT2D eigenvalue weighted by atomic mass is 32.1. The van der Waals surface area contributed by atoms with E-state index in [1.807, 2.05) is 24.3 Å². The maximum absolute atomic E-state index is 12.0. The van der Waals surface area contributed by atoms with Gasteiger partial charge in [-0.1, -0.05) is 23.5 Å². The van der Waals surface area contributed by atoms with Gasteiger partial charge in [-0.3, -0.25) is 5.32 Å². The first-order valence-electron chi connectivity index (χ1n) is 6.82. The normalized spacial score (nSPS) is 17.2. The first-order chi connectivity index (χ1) is 9.70. The van der Waals surface area contributed by atoms with Gasteiger partial charge in [-0.2, -0.15) is 0 Å². The molecule has 0 atom stereocenters. The van der Waals surface area contributed by atoms with Crippen LogP contribution in [0.1, 0.15) is 12.8 Å². The van der Waals surface area contributed by atoms with E-state index in [0.717, 1.165) is 36.1 Å². The number of para-hydroxylation sites is 1. The molecule has 0 bridgehead atoms. The van der Waals surface area contributed by atoms with Crippen LogP contribution in [0.4, 0.5) is 9.93 Å². The number of hydrogen-bond acceptors (Lipinski definition) is 4. The fourth-order valence-electron chi connectivity index (χ4n) is 2.40. The zero-order valence-corrected chi connectivity index (χ0v) is 12.2. The van der Waals surface area contributed by atoms with Gasteiger partial charge in [0.15, 0.2) is 5.13 Å². The molecule has 6 heteroatoms. The lowest BCUT2D eigenvalue weighted by atomic mass is 10.1. The first kappa shape index (κ1) is 13.3. The van der Waals surface area contributed by atoms with Gasteiger partial charge in [0.05, 0.1) is 10.2 Å². The molecule has 2 heterocycles. The SMILES string of the molecule is CN1CCC(NC(=O)Nc2nc3ccccc3s2)CC1. The van der Waals surface area contributed by atoms with E-state index in [2.05, 4.69) is 27.6 Å². The van der Waals surface area contributed by atoms with Crippen LogP contribution in [0, 0.1) is 0 Å². The average Bonchev–Trinajstić information content (AvgIpc) is 2.83. The van der Waals surface area contributed by atoms with Crippen molar-refractivity contribution in [2.45, 2.75) is 18.9 Å². The first-order valence-corrected chi connectivity index (χ1v) is 7.64. The van der Waals surface area contributed by atoms with Crippen molar-refractivity contribution in [3.63, 3.8) is 0 Å². The monoisotopic (exact) mass is 290 g/mol. The topological polar surface area (TPSA) is 57.3 Å². The van der Waals surface area contributed by atoms with E-state index >= 15 is 0 Å². The number of anilines is 1. The molecule has 1 aliphatic rings. The molecule has 1 aromatic heterocycles. The Morgan fingerprint density at radius 3 is 2.85 bits per heavy atom. The molecule has 1 aromatic carbocycles. The van der Waals surface area contributed by atoms with Gasteiger partial charge in [-0.25, -0.2) is 9.78 Å². The third kappa shape index (κ3) is 3.08. The van der Waals surface area contributed by atoms with E-state index < -0.39 is 0 Å². The lowest BCUT2D eigenvalue weighted by Gasteiger charge is -2.29. The summed E-state index contributed by atoms with van der Waals surface area (Å²) in [6, 6.07) is 7.99. The number of likely N-dealkylation sites (tertiary alicyclic amines) is 1. The molecular formula is C14H18N4OS. The van der Waals surface area contributed by atoms with Crippen LogP contribution in [0.2, 0.25) is 0 Å². The predicted octanol–water partition coefficient (Wildman–Crippen LogP) is 2.51. The number of urea groups is 1. The van der Waals surface area contributed by atoms with Crippen molar-refractivity contribution in [2.75, 3.05) is 25.5 Å². The zero-order valence-electron chi connectivity index (χ0n) is 11.4. The Balaban J connectivity index is 1.58. The van der Waals surface area contributed by atoms with Crippen molar-refractivity contribution in [2.24, 2.45) is 0 Å². The zero-order chi connectivity index (χ0) is 13.9. The molecule has 5 nitrogen and oxygen atoms in total. The average molecular weight is 290 g/mol. The van der Waals surface area contributed by atoms with Gasteiger partial charge in [-0.15, -0.1) is 0 Å². The molecule has 2 N–H and O–H groups in total. The van der Waals surface area contributed by atoms with Crippen molar-refractivity contribution in [3.8, 4) is 0 Å². The van der Waals surface area contributed by atoms with Gasteiger partial charge >= 0.3 is 6.03 Å². The van der Waals surface area contributed by atoms with Gasteiger partial charge in [0, 0.05) is 6.04 Å². The molecule has 0 radical (unpaired) electrons. The highest BCUT2D eigenvalue weighted by Gasteiger charge is 2.18. The van der Waals surface area contributed by atoms with E-state index in [4.69, 9.17) is 0 Å². The van der Waals surface area contributed by atoms with E-state index in [0.29, 0.717) is 5.13 Å². The number of hydrogen-bond donors (Lipinski definition) is 2. The minimum absolute atomic E-state index is 0.154. The van der Waals surface area contributed by atoms with Crippen LogP contribution in [0.3, 0.4) is 0 Å². The number of piperidine rings is 1. The number of aromatic nitrogens is 1. The highest BCUT2D eigenvalue weighted by Crippen LogP contribution is 2.25. The van der Waals surface area contributed by atoms with Crippen molar-refractivity contribution in [1.29, 1.82) is 0 Å². The second-order valence-electron chi connectivity index (χ2n) is 5.16. The van der Waals surface area contributed by atoms with E-state index in [1.165, 1.54) is 11.3 Å². The van der Waals surface area contributed by atoms with Crippen molar-refractivity contribution in [1.82, 2.24) is 15.2 Å². The maximum atomic E-state index is 12.0. The van der Waals surface area contributed by atoms with Gasteiger partial charge in [-0.05, 0) is 45.1 Å². The van der Waals surface area contributed by atoms with Gasteiger partial charge in [0.25, 0.3) is 0 Å². The summed E-state index contributed by atoms with van der Waals surface area (Å²) in [5.41, 5.74) is 0.923. The number of amides is 2. The summed E-state index contributed by atoms with van der Waals surface area (Å²) in [6.07, 6.45) is 2.01. The molecule has 1 aliphatic heterocycles.